The standard InChI is InChI=1S/C19H27N3O5S/c1-27-13-8-20-28(25,26)17-7-3-6-16(14-17)19(24)22-11-9-21(10-12-22)18(23)15-4-2-5-15/h3,6-7,14-15,20H,2,4-5,8-13H2,1H3. The van der Waals surface area contributed by atoms with Crippen molar-refractivity contribution in [2.75, 3.05) is 46.4 Å². The Bertz CT molecular complexity index is 815. The number of carbonyl (C=O) groups excluding carboxylic acids is 2. The molecule has 8 nitrogen and oxygen atoms in total. The lowest BCUT2D eigenvalue weighted by molar-refractivity contribution is -0.139. The smallest absolute Gasteiger partial charge is 0.254 e. The first-order valence-corrected chi connectivity index (χ1v) is 11.1. The van der Waals surface area contributed by atoms with Gasteiger partial charge >= 0.3 is 0 Å². The summed E-state index contributed by atoms with van der Waals surface area (Å²) in [5.74, 6) is 0.146. The van der Waals surface area contributed by atoms with E-state index in [-0.39, 0.29) is 35.8 Å². The minimum absolute atomic E-state index is 0.0493. The molecule has 1 N–H and O–H groups in total. The van der Waals surface area contributed by atoms with Crippen LogP contribution in [0.5, 0.6) is 0 Å². The maximum absolute atomic E-state index is 12.8. The number of methoxy groups -OCH3 is 1. The number of nitrogens with zero attached hydrogens (tertiary/aromatic N) is 2. The molecule has 1 aromatic rings. The molecule has 1 aromatic carbocycles. The zero-order valence-electron chi connectivity index (χ0n) is 16.1. The summed E-state index contributed by atoms with van der Waals surface area (Å²) < 4.78 is 32.0. The molecule has 28 heavy (non-hydrogen) atoms. The largest absolute Gasteiger partial charge is 0.383 e. The third-order valence-corrected chi connectivity index (χ3v) is 6.78. The van der Waals surface area contributed by atoms with Crippen LogP contribution in [-0.4, -0.2) is 76.5 Å². The molecule has 0 atom stereocenters. The first-order chi connectivity index (χ1) is 13.4. The van der Waals surface area contributed by atoms with E-state index >= 15 is 0 Å². The van der Waals surface area contributed by atoms with Crippen LogP contribution < -0.4 is 4.72 Å². The quantitative estimate of drug-likeness (QED) is 0.669. The van der Waals surface area contributed by atoms with Gasteiger partial charge in [-0.2, -0.15) is 0 Å². The first-order valence-electron chi connectivity index (χ1n) is 9.59. The minimum Gasteiger partial charge on any atom is -0.383 e. The molecule has 0 aromatic heterocycles. The van der Waals surface area contributed by atoms with Crippen LogP contribution in [0.4, 0.5) is 0 Å². The highest BCUT2D eigenvalue weighted by molar-refractivity contribution is 7.89. The maximum Gasteiger partial charge on any atom is 0.254 e. The van der Waals surface area contributed by atoms with E-state index in [0.29, 0.717) is 31.7 Å². The first kappa shape index (κ1) is 20.8. The van der Waals surface area contributed by atoms with Gasteiger partial charge in [-0.25, -0.2) is 13.1 Å². The molecule has 0 spiro atoms. The molecule has 0 bridgehead atoms. The predicted molar refractivity (Wildman–Crippen MR) is 103 cm³/mol. The fourth-order valence-electron chi connectivity index (χ4n) is 3.38. The molecule has 1 aliphatic heterocycles. The highest BCUT2D eigenvalue weighted by Gasteiger charge is 2.32. The summed E-state index contributed by atoms with van der Waals surface area (Å²) >= 11 is 0. The Morgan fingerprint density at radius 2 is 1.82 bits per heavy atom. The average Bonchev–Trinajstić information content (AvgIpc) is 2.66. The van der Waals surface area contributed by atoms with Gasteiger partial charge in [-0.1, -0.05) is 12.5 Å². The lowest BCUT2D eigenvalue weighted by atomic mass is 9.84. The normalized spacial score (nSPS) is 18.0. The van der Waals surface area contributed by atoms with E-state index in [1.165, 1.54) is 19.2 Å². The molecule has 1 heterocycles. The SMILES string of the molecule is COCCNS(=O)(=O)c1cccc(C(=O)N2CCN(C(=O)C3CCC3)CC2)c1. The zero-order chi connectivity index (χ0) is 20.1. The van der Waals surface area contributed by atoms with Crippen molar-refractivity contribution < 1.29 is 22.7 Å². The van der Waals surface area contributed by atoms with E-state index in [4.69, 9.17) is 4.74 Å². The Labute approximate surface area is 165 Å². The maximum atomic E-state index is 12.8. The second kappa shape index (κ2) is 9.02. The fraction of sp³-hybridized carbons (Fsp3) is 0.579. The molecule has 9 heteroatoms. The van der Waals surface area contributed by atoms with Gasteiger partial charge in [0, 0.05) is 51.3 Å². The summed E-state index contributed by atoms with van der Waals surface area (Å²) in [5.41, 5.74) is 0.327. The fourth-order valence-corrected chi connectivity index (χ4v) is 4.44. The summed E-state index contributed by atoms with van der Waals surface area (Å²) in [6.45, 7) is 2.39. The zero-order valence-corrected chi connectivity index (χ0v) is 16.9. The van der Waals surface area contributed by atoms with Crippen molar-refractivity contribution in [2.45, 2.75) is 24.2 Å². The Hall–Kier alpha value is -1.97. The van der Waals surface area contributed by atoms with E-state index in [9.17, 15) is 18.0 Å². The summed E-state index contributed by atoms with van der Waals surface area (Å²) in [7, 11) is -2.21. The van der Waals surface area contributed by atoms with Gasteiger partial charge in [0.1, 0.15) is 0 Å². The monoisotopic (exact) mass is 409 g/mol. The lowest BCUT2D eigenvalue weighted by Gasteiger charge is -2.38. The van der Waals surface area contributed by atoms with Gasteiger partial charge in [-0.3, -0.25) is 9.59 Å². The van der Waals surface area contributed by atoms with Gasteiger partial charge in [0.25, 0.3) is 5.91 Å². The molecule has 154 valence electrons. The third kappa shape index (κ3) is 4.71. The molecule has 2 aliphatic rings. The molecular weight excluding hydrogens is 382 g/mol. The second-order valence-electron chi connectivity index (χ2n) is 7.16. The van der Waals surface area contributed by atoms with Crippen molar-refractivity contribution in [2.24, 2.45) is 5.92 Å². The molecule has 0 unspecified atom stereocenters. The molecule has 1 saturated carbocycles. The predicted octanol–water partition coefficient (Wildman–Crippen LogP) is 0.696. The van der Waals surface area contributed by atoms with E-state index in [2.05, 4.69) is 4.72 Å². The van der Waals surface area contributed by atoms with Crippen LogP contribution in [0, 0.1) is 5.92 Å². The van der Waals surface area contributed by atoms with Crippen LogP contribution in [0.1, 0.15) is 29.6 Å². The van der Waals surface area contributed by atoms with E-state index in [1.54, 1.807) is 17.0 Å². The van der Waals surface area contributed by atoms with Crippen molar-refractivity contribution in [1.82, 2.24) is 14.5 Å². The van der Waals surface area contributed by atoms with Crippen LogP contribution in [0.3, 0.4) is 0 Å². The summed E-state index contributed by atoms with van der Waals surface area (Å²) in [5, 5.41) is 0. The van der Waals surface area contributed by atoms with Crippen LogP contribution in [-0.2, 0) is 19.6 Å². The number of nitrogens with one attached hydrogen (secondary N) is 1. The lowest BCUT2D eigenvalue weighted by Crippen LogP contribution is -2.52. The van der Waals surface area contributed by atoms with Gasteiger partial charge in [-0.15, -0.1) is 0 Å². The molecule has 2 amide bonds. The molecule has 1 saturated heterocycles. The van der Waals surface area contributed by atoms with Gasteiger partial charge in [0.2, 0.25) is 15.9 Å². The molecule has 3 rings (SSSR count). The highest BCUT2D eigenvalue weighted by Crippen LogP contribution is 2.28. The van der Waals surface area contributed by atoms with Crippen molar-refractivity contribution >= 4 is 21.8 Å². The van der Waals surface area contributed by atoms with E-state index < -0.39 is 10.0 Å². The highest BCUT2D eigenvalue weighted by atomic mass is 32.2. The van der Waals surface area contributed by atoms with Crippen molar-refractivity contribution in [1.29, 1.82) is 0 Å². The van der Waals surface area contributed by atoms with Crippen molar-refractivity contribution in [3.05, 3.63) is 29.8 Å². The number of ether oxygens (including phenoxy) is 1. The van der Waals surface area contributed by atoms with E-state index in [1.807, 2.05) is 4.90 Å². The summed E-state index contributed by atoms with van der Waals surface area (Å²) in [6.07, 6.45) is 3.06. The number of piperazine rings is 1. The number of benzene rings is 1. The van der Waals surface area contributed by atoms with Crippen LogP contribution >= 0.6 is 0 Å². The Morgan fingerprint density at radius 1 is 1.14 bits per heavy atom. The van der Waals surface area contributed by atoms with Gasteiger partial charge in [-0.05, 0) is 31.0 Å². The number of carbonyl (C=O) groups is 2. The van der Waals surface area contributed by atoms with E-state index in [0.717, 1.165) is 19.3 Å². The number of hydrogen-bond acceptors (Lipinski definition) is 5. The molecule has 2 fully saturated rings. The molecule has 1 aliphatic carbocycles. The minimum atomic E-state index is -3.70. The topological polar surface area (TPSA) is 96.0 Å². The van der Waals surface area contributed by atoms with Crippen LogP contribution in [0.2, 0.25) is 0 Å². The number of hydrogen-bond donors (Lipinski definition) is 1. The van der Waals surface area contributed by atoms with Gasteiger partial charge in [0.15, 0.2) is 0 Å². The number of sulfonamides is 1. The van der Waals surface area contributed by atoms with Crippen LogP contribution in [0.15, 0.2) is 29.2 Å². The van der Waals surface area contributed by atoms with Crippen molar-refractivity contribution in [3.8, 4) is 0 Å². The Kier molecular flexibility index (Phi) is 6.69. The van der Waals surface area contributed by atoms with Gasteiger partial charge in [0.05, 0.1) is 11.5 Å². The van der Waals surface area contributed by atoms with Crippen molar-refractivity contribution in [3.63, 3.8) is 0 Å². The Morgan fingerprint density at radius 3 is 2.43 bits per heavy atom. The van der Waals surface area contributed by atoms with Crippen LogP contribution in [0.25, 0.3) is 0 Å². The summed E-state index contributed by atoms with van der Waals surface area (Å²) in [4.78, 5) is 28.7. The number of rotatable bonds is 7. The van der Waals surface area contributed by atoms with Gasteiger partial charge < -0.3 is 14.5 Å². The summed E-state index contributed by atoms with van der Waals surface area (Å²) in [6, 6.07) is 6.03. The number of amides is 2. The second-order valence-corrected chi connectivity index (χ2v) is 8.93. The molecule has 0 radical (unpaired) electrons. The third-order valence-electron chi connectivity index (χ3n) is 5.32. The Balaban J connectivity index is 1.61. The molecular formula is C19H27N3O5S. The average molecular weight is 410 g/mol.